The summed E-state index contributed by atoms with van der Waals surface area (Å²) in [5, 5.41) is 7.84. The van der Waals surface area contributed by atoms with Gasteiger partial charge in [0.05, 0.1) is 10.5 Å². The second kappa shape index (κ2) is 7.88. The van der Waals surface area contributed by atoms with Crippen LogP contribution in [0.2, 0.25) is 0 Å². The van der Waals surface area contributed by atoms with Gasteiger partial charge < -0.3 is 10.2 Å². The maximum Gasteiger partial charge on any atom is 0.252 e. The predicted molar refractivity (Wildman–Crippen MR) is 85.6 cm³/mol. The summed E-state index contributed by atoms with van der Waals surface area (Å²) >= 11 is 3.24. The molecule has 3 N–H and O–H groups in total. The highest BCUT2D eigenvalue weighted by molar-refractivity contribution is 9.10. The van der Waals surface area contributed by atoms with Gasteiger partial charge >= 0.3 is 0 Å². The standard InChI is InChI=1S/C13H20BrN3O3S/c1-3-17(4-2)8-7-16-13(18)11-9-10(21(15,19)20)5-6-12(11)14/h5-6,9H,3-4,7-8H2,1-2H3,(H,16,18)(H2,15,19,20). The van der Waals surface area contributed by atoms with E-state index in [-0.39, 0.29) is 16.4 Å². The van der Waals surface area contributed by atoms with Gasteiger partial charge in [0, 0.05) is 17.6 Å². The zero-order valence-electron chi connectivity index (χ0n) is 12.1. The minimum atomic E-state index is -3.83. The summed E-state index contributed by atoms with van der Waals surface area (Å²) in [5.41, 5.74) is 0.251. The summed E-state index contributed by atoms with van der Waals surface area (Å²) in [6.07, 6.45) is 0. The normalized spacial score (nSPS) is 11.7. The molecule has 0 radical (unpaired) electrons. The van der Waals surface area contributed by atoms with Crippen LogP contribution in [0.3, 0.4) is 0 Å². The monoisotopic (exact) mass is 377 g/mol. The molecule has 0 fully saturated rings. The van der Waals surface area contributed by atoms with Crippen LogP contribution in [0.4, 0.5) is 0 Å². The molecule has 6 nitrogen and oxygen atoms in total. The van der Waals surface area contributed by atoms with E-state index in [9.17, 15) is 13.2 Å². The molecule has 0 aliphatic heterocycles. The number of rotatable bonds is 7. The van der Waals surface area contributed by atoms with Crippen molar-refractivity contribution in [1.82, 2.24) is 10.2 Å². The maximum atomic E-state index is 12.1. The lowest BCUT2D eigenvalue weighted by Crippen LogP contribution is -2.35. The number of hydrogen-bond donors (Lipinski definition) is 2. The molecule has 0 aliphatic carbocycles. The number of primary sulfonamides is 1. The number of likely N-dealkylation sites (N-methyl/N-ethyl adjacent to an activating group) is 1. The average Bonchev–Trinajstić information content (AvgIpc) is 2.42. The molecule has 21 heavy (non-hydrogen) atoms. The summed E-state index contributed by atoms with van der Waals surface area (Å²) in [7, 11) is -3.83. The molecule has 0 atom stereocenters. The lowest BCUT2D eigenvalue weighted by molar-refractivity contribution is 0.0948. The van der Waals surface area contributed by atoms with E-state index in [2.05, 4.69) is 40.0 Å². The van der Waals surface area contributed by atoms with E-state index in [1.54, 1.807) is 0 Å². The first-order valence-electron chi connectivity index (χ1n) is 6.62. The Kier molecular flexibility index (Phi) is 6.79. The number of nitrogens with zero attached hydrogens (tertiary/aromatic N) is 1. The molecule has 1 aromatic rings. The Morgan fingerprint density at radius 1 is 1.33 bits per heavy atom. The third-order valence-electron chi connectivity index (χ3n) is 3.12. The molecule has 1 amide bonds. The van der Waals surface area contributed by atoms with Crippen molar-refractivity contribution in [3.05, 3.63) is 28.2 Å². The van der Waals surface area contributed by atoms with E-state index in [1.807, 2.05) is 0 Å². The molecule has 1 rings (SSSR count). The predicted octanol–water partition coefficient (Wildman–Crippen LogP) is 1.17. The zero-order chi connectivity index (χ0) is 16.0. The molecule has 0 unspecified atom stereocenters. The number of halogens is 1. The number of amides is 1. The van der Waals surface area contributed by atoms with Crippen molar-refractivity contribution in [2.75, 3.05) is 26.2 Å². The first-order chi connectivity index (χ1) is 9.79. The number of nitrogens with one attached hydrogen (secondary N) is 1. The lowest BCUT2D eigenvalue weighted by Gasteiger charge is -2.18. The molecular weight excluding hydrogens is 358 g/mol. The van der Waals surface area contributed by atoms with Crippen molar-refractivity contribution in [2.24, 2.45) is 5.14 Å². The minimum absolute atomic E-state index is 0.0837. The van der Waals surface area contributed by atoms with Gasteiger partial charge in [-0.15, -0.1) is 0 Å². The third kappa shape index (κ3) is 5.39. The molecule has 1 aromatic carbocycles. The number of carbonyl (C=O) groups excluding carboxylic acids is 1. The average molecular weight is 378 g/mol. The summed E-state index contributed by atoms with van der Waals surface area (Å²) in [6.45, 7) is 7.17. The van der Waals surface area contributed by atoms with Gasteiger partial charge in [-0.2, -0.15) is 0 Å². The molecule has 0 saturated heterocycles. The Labute approximate surface area is 133 Å². The molecule has 0 aliphatic rings. The molecule has 8 heteroatoms. The van der Waals surface area contributed by atoms with E-state index >= 15 is 0 Å². The van der Waals surface area contributed by atoms with E-state index in [1.165, 1.54) is 18.2 Å². The Morgan fingerprint density at radius 2 is 1.95 bits per heavy atom. The van der Waals surface area contributed by atoms with Gasteiger partial charge in [0.1, 0.15) is 0 Å². The van der Waals surface area contributed by atoms with Crippen molar-refractivity contribution in [3.63, 3.8) is 0 Å². The van der Waals surface area contributed by atoms with Crippen LogP contribution in [-0.2, 0) is 10.0 Å². The fourth-order valence-corrected chi connectivity index (χ4v) is 2.78. The molecule has 0 heterocycles. The fourth-order valence-electron chi connectivity index (χ4n) is 1.82. The smallest absolute Gasteiger partial charge is 0.252 e. The molecule has 118 valence electrons. The number of carbonyl (C=O) groups is 1. The number of sulfonamides is 1. The first-order valence-corrected chi connectivity index (χ1v) is 8.96. The molecular formula is C13H20BrN3O3S. The van der Waals surface area contributed by atoms with Crippen molar-refractivity contribution in [1.29, 1.82) is 0 Å². The maximum absolute atomic E-state index is 12.1. The third-order valence-corrected chi connectivity index (χ3v) is 4.72. The van der Waals surface area contributed by atoms with Crippen LogP contribution < -0.4 is 10.5 Å². The molecule has 0 bridgehead atoms. The van der Waals surface area contributed by atoms with E-state index in [0.717, 1.165) is 19.6 Å². The zero-order valence-corrected chi connectivity index (χ0v) is 14.5. The summed E-state index contributed by atoms with van der Waals surface area (Å²) in [6, 6.07) is 4.12. The van der Waals surface area contributed by atoms with Gasteiger partial charge in [-0.25, -0.2) is 13.6 Å². The van der Waals surface area contributed by atoms with E-state index < -0.39 is 10.0 Å². The van der Waals surface area contributed by atoms with Crippen LogP contribution in [0, 0.1) is 0 Å². The largest absolute Gasteiger partial charge is 0.351 e. The summed E-state index contributed by atoms with van der Waals surface area (Å²) in [4.78, 5) is 14.2. The van der Waals surface area contributed by atoms with Gasteiger partial charge in [-0.05, 0) is 47.2 Å². The Bertz CT molecular complexity index is 601. The first kappa shape index (κ1) is 18.1. The highest BCUT2D eigenvalue weighted by atomic mass is 79.9. The van der Waals surface area contributed by atoms with Gasteiger partial charge in [0.15, 0.2) is 0 Å². The molecule has 0 saturated carbocycles. The lowest BCUT2D eigenvalue weighted by atomic mass is 10.2. The fraction of sp³-hybridized carbons (Fsp3) is 0.462. The van der Waals surface area contributed by atoms with Gasteiger partial charge in [0.2, 0.25) is 10.0 Å². The van der Waals surface area contributed by atoms with Crippen LogP contribution in [0.15, 0.2) is 27.6 Å². The minimum Gasteiger partial charge on any atom is -0.351 e. The van der Waals surface area contributed by atoms with Gasteiger partial charge in [0.25, 0.3) is 5.91 Å². The summed E-state index contributed by atoms with van der Waals surface area (Å²) in [5.74, 6) is -0.334. The SMILES string of the molecule is CCN(CC)CCNC(=O)c1cc(S(N)(=O)=O)ccc1Br. The highest BCUT2D eigenvalue weighted by Crippen LogP contribution is 2.20. The van der Waals surface area contributed by atoms with Crippen LogP contribution in [0.5, 0.6) is 0 Å². The van der Waals surface area contributed by atoms with Gasteiger partial charge in [-0.1, -0.05) is 13.8 Å². The topological polar surface area (TPSA) is 92.5 Å². The number of hydrogen-bond acceptors (Lipinski definition) is 4. The second-order valence-corrected chi connectivity index (χ2v) is 6.89. The molecule has 0 spiro atoms. The van der Waals surface area contributed by atoms with Crippen molar-refractivity contribution >= 4 is 31.9 Å². The Morgan fingerprint density at radius 3 is 2.48 bits per heavy atom. The van der Waals surface area contributed by atoms with Crippen molar-refractivity contribution in [3.8, 4) is 0 Å². The van der Waals surface area contributed by atoms with Gasteiger partial charge in [-0.3, -0.25) is 4.79 Å². The van der Waals surface area contributed by atoms with Crippen LogP contribution in [0.1, 0.15) is 24.2 Å². The Balaban J connectivity index is 2.78. The van der Waals surface area contributed by atoms with Crippen molar-refractivity contribution in [2.45, 2.75) is 18.7 Å². The van der Waals surface area contributed by atoms with Crippen LogP contribution in [-0.4, -0.2) is 45.4 Å². The quantitative estimate of drug-likeness (QED) is 0.745. The molecule has 0 aromatic heterocycles. The van der Waals surface area contributed by atoms with Crippen LogP contribution >= 0.6 is 15.9 Å². The number of benzene rings is 1. The van der Waals surface area contributed by atoms with Crippen LogP contribution in [0.25, 0.3) is 0 Å². The Hall–Kier alpha value is -0.960. The van der Waals surface area contributed by atoms with Crippen molar-refractivity contribution < 1.29 is 13.2 Å². The highest BCUT2D eigenvalue weighted by Gasteiger charge is 2.15. The second-order valence-electron chi connectivity index (χ2n) is 4.47. The summed E-state index contributed by atoms with van der Waals surface area (Å²) < 4.78 is 23.2. The van der Waals surface area contributed by atoms with E-state index in [0.29, 0.717) is 11.0 Å². The van der Waals surface area contributed by atoms with E-state index in [4.69, 9.17) is 5.14 Å². The number of nitrogens with two attached hydrogens (primary N) is 1.